The number of nitrogens with one attached hydrogen (secondary N) is 1. The first-order chi connectivity index (χ1) is 9.46. The molecule has 0 aliphatic rings. The average Bonchev–Trinajstić information content (AvgIpc) is 2.87. The topological polar surface area (TPSA) is 21.3 Å². The van der Waals surface area contributed by atoms with E-state index in [2.05, 4.69) is 59.5 Å². The summed E-state index contributed by atoms with van der Waals surface area (Å²) in [6.07, 6.45) is 0. The fraction of sp³-hybridized carbons (Fsp3) is 0.375. The number of benzene rings is 1. The maximum atomic E-state index is 6.00. The Morgan fingerprint density at radius 1 is 1.20 bits per heavy atom. The molecule has 108 valence electrons. The van der Waals surface area contributed by atoms with Crippen LogP contribution in [-0.2, 0) is 13.2 Å². The van der Waals surface area contributed by atoms with Gasteiger partial charge in [-0.05, 0) is 54.2 Å². The molecule has 0 atom stereocenters. The van der Waals surface area contributed by atoms with E-state index in [9.17, 15) is 0 Å². The molecule has 1 N–H and O–H groups in total. The number of halogens is 1. The summed E-state index contributed by atoms with van der Waals surface area (Å²) in [4.78, 5) is 1.23. The molecule has 0 amide bonds. The highest BCUT2D eigenvalue weighted by atomic mass is 79.9. The van der Waals surface area contributed by atoms with Gasteiger partial charge in [0.15, 0.2) is 0 Å². The maximum absolute atomic E-state index is 6.00. The quantitative estimate of drug-likeness (QED) is 0.818. The molecule has 0 saturated carbocycles. The molecule has 0 bridgehead atoms. The molecule has 0 unspecified atom stereocenters. The van der Waals surface area contributed by atoms with Crippen LogP contribution in [0.1, 0.15) is 31.2 Å². The molecule has 1 heterocycles. The van der Waals surface area contributed by atoms with Crippen molar-refractivity contribution in [1.82, 2.24) is 5.32 Å². The first kappa shape index (κ1) is 15.5. The van der Waals surface area contributed by atoms with Crippen molar-refractivity contribution in [3.8, 4) is 5.75 Å². The van der Waals surface area contributed by atoms with Crippen LogP contribution < -0.4 is 10.1 Å². The van der Waals surface area contributed by atoms with Crippen LogP contribution in [0.25, 0.3) is 0 Å². The summed E-state index contributed by atoms with van der Waals surface area (Å²) in [6, 6.07) is 10.3. The van der Waals surface area contributed by atoms with Gasteiger partial charge in [0, 0.05) is 22.5 Å². The monoisotopic (exact) mass is 353 g/mol. The van der Waals surface area contributed by atoms with Crippen LogP contribution in [0.15, 0.2) is 40.2 Å². The highest BCUT2D eigenvalue weighted by Gasteiger charge is 2.13. The van der Waals surface area contributed by atoms with E-state index in [1.807, 2.05) is 18.2 Å². The molecule has 0 spiro atoms. The van der Waals surface area contributed by atoms with Gasteiger partial charge in [-0.1, -0.05) is 18.2 Å². The van der Waals surface area contributed by atoms with Crippen molar-refractivity contribution < 1.29 is 4.74 Å². The van der Waals surface area contributed by atoms with Crippen molar-refractivity contribution in [1.29, 1.82) is 0 Å². The molecule has 1 aromatic heterocycles. The Bertz CT molecular complexity index is 546. The van der Waals surface area contributed by atoms with E-state index in [1.54, 1.807) is 11.3 Å². The molecule has 2 aromatic rings. The molecule has 0 fully saturated rings. The first-order valence-electron chi connectivity index (χ1n) is 6.63. The zero-order chi connectivity index (χ0) is 14.6. The molecule has 4 heteroatoms. The number of rotatable bonds is 5. The summed E-state index contributed by atoms with van der Waals surface area (Å²) in [5.74, 6) is 0.928. The molecule has 2 rings (SSSR count). The van der Waals surface area contributed by atoms with E-state index in [0.29, 0.717) is 6.61 Å². The summed E-state index contributed by atoms with van der Waals surface area (Å²) in [5.41, 5.74) is 1.26. The van der Waals surface area contributed by atoms with Gasteiger partial charge in [0.25, 0.3) is 0 Å². The molecular weight excluding hydrogens is 334 g/mol. The Balaban J connectivity index is 2.09. The van der Waals surface area contributed by atoms with Crippen LogP contribution in [0.3, 0.4) is 0 Å². The molecule has 20 heavy (non-hydrogen) atoms. The molecular formula is C16H20BrNOS. The van der Waals surface area contributed by atoms with Crippen molar-refractivity contribution >= 4 is 27.3 Å². The molecule has 0 radical (unpaired) electrons. The van der Waals surface area contributed by atoms with Gasteiger partial charge in [-0.3, -0.25) is 0 Å². The normalized spacial score (nSPS) is 11.6. The lowest BCUT2D eigenvalue weighted by Crippen LogP contribution is -2.35. The van der Waals surface area contributed by atoms with Gasteiger partial charge >= 0.3 is 0 Å². The van der Waals surface area contributed by atoms with Crippen LogP contribution in [0.2, 0.25) is 0 Å². The minimum absolute atomic E-state index is 0.0906. The Morgan fingerprint density at radius 3 is 2.65 bits per heavy atom. The van der Waals surface area contributed by atoms with Gasteiger partial charge in [-0.2, -0.15) is 0 Å². The third-order valence-electron chi connectivity index (χ3n) is 2.80. The van der Waals surface area contributed by atoms with Crippen LogP contribution in [0.4, 0.5) is 0 Å². The van der Waals surface area contributed by atoms with Crippen LogP contribution >= 0.6 is 27.3 Å². The number of thiophene rings is 1. The molecule has 0 aliphatic carbocycles. The van der Waals surface area contributed by atoms with Gasteiger partial charge in [0.1, 0.15) is 12.4 Å². The van der Waals surface area contributed by atoms with E-state index in [4.69, 9.17) is 4.74 Å². The standard InChI is InChI=1S/C16H20BrNOS/c1-16(2,3)18-10-12-6-4-8-14(17)15(12)19-11-13-7-5-9-20-13/h4-9,18H,10-11H2,1-3H3. The van der Waals surface area contributed by atoms with Crippen LogP contribution in [0, 0.1) is 0 Å². The fourth-order valence-corrected chi connectivity index (χ4v) is 2.89. The molecule has 0 saturated heterocycles. The Kier molecular flexibility index (Phi) is 5.24. The summed E-state index contributed by atoms with van der Waals surface area (Å²) in [6.45, 7) is 7.90. The van der Waals surface area contributed by atoms with Crippen LogP contribution in [0.5, 0.6) is 5.75 Å². The number of hydrogen-bond donors (Lipinski definition) is 1. The van der Waals surface area contributed by atoms with Gasteiger partial charge in [0.2, 0.25) is 0 Å². The highest BCUT2D eigenvalue weighted by molar-refractivity contribution is 9.10. The van der Waals surface area contributed by atoms with E-state index in [0.717, 1.165) is 16.8 Å². The second kappa shape index (κ2) is 6.74. The smallest absolute Gasteiger partial charge is 0.138 e. The molecule has 0 aliphatic heterocycles. The van der Waals surface area contributed by atoms with Gasteiger partial charge in [-0.15, -0.1) is 11.3 Å². The second-order valence-corrected chi connectivity index (χ2v) is 7.59. The minimum atomic E-state index is 0.0906. The maximum Gasteiger partial charge on any atom is 0.138 e. The third-order valence-corrected chi connectivity index (χ3v) is 4.27. The number of ether oxygens (including phenoxy) is 1. The second-order valence-electron chi connectivity index (χ2n) is 5.70. The summed E-state index contributed by atoms with van der Waals surface area (Å²) >= 11 is 5.30. The predicted octanol–water partition coefficient (Wildman–Crippen LogP) is 4.98. The number of para-hydroxylation sites is 1. The largest absolute Gasteiger partial charge is 0.487 e. The fourth-order valence-electron chi connectivity index (χ4n) is 1.75. The van der Waals surface area contributed by atoms with Crippen molar-refractivity contribution in [3.63, 3.8) is 0 Å². The van der Waals surface area contributed by atoms with Crippen molar-refractivity contribution in [3.05, 3.63) is 50.6 Å². The lowest BCUT2D eigenvalue weighted by atomic mass is 10.1. The van der Waals surface area contributed by atoms with Gasteiger partial charge < -0.3 is 10.1 Å². The van der Waals surface area contributed by atoms with Crippen LogP contribution in [-0.4, -0.2) is 5.54 Å². The SMILES string of the molecule is CC(C)(C)NCc1cccc(Br)c1OCc1cccs1. The highest BCUT2D eigenvalue weighted by Crippen LogP contribution is 2.30. The average molecular weight is 354 g/mol. The Hall–Kier alpha value is -0.840. The summed E-state index contributed by atoms with van der Waals surface area (Å²) in [7, 11) is 0. The Morgan fingerprint density at radius 2 is 2.00 bits per heavy atom. The zero-order valence-corrected chi connectivity index (χ0v) is 14.5. The minimum Gasteiger partial charge on any atom is -0.487 e. The Labute approximate surface area is 133 Å². The molecule has 2 nitrogen and oxygen atoms in total. The van der Waals surface area contributed by atoms with Gasteiger partial charge in [0.05, 0.1) is 4.47 Å². The van der Waals surface area contributed by atoms with E-state index in [1.165, 1.54) is 10.4 Å². The van der Waals surface area contributed by atoms with E-state index < -0.39 is 0 Å². The molecule has 1 aromatic carbocycles. The summed E-state index contributed by atoms with van der Waals surface area (Å²) < 4.78 is 7.00. The summed E-state index contributed by atoms with van der Waals surface area (Å²) in [5, 5.41) is 5.57. The van der Waals surface area contributed by atoms with Gasteiger partial charge in [-0.25, -0.2) is 0 Å². The lowest BCUT2D eigenvalue weighted by Gasteiger charge is -2.22. The van der Waals surface area contributed by atoms with E-state index in [-0.39, 0.29) is 5.54 Å². The van der Waals surface area contributed by atoms with Crippen molar-refractivity contribution in [2.24, 2.45) is 0 Å². The predicted molar refractivity (Wildman–Crippen MR) is 89.4 cm³/mol. The first-order valence-corrected chi connectivity index (χ1v) is 8.30. The van der Waals surface area contributed by atoms with Crippen molar-refractivity contribution in [2.75, 3.05) is 0 Å². The van der Waals surface area contributed by atoms with Crippen molar-refractivity contribution in [2.45, 2.75) is 39.5 Å². The number of hydrogen-bond acceptors (Lipinski definition) is 3. The zero-order valence-electron chi connectivity index (χ0n) is 12.1. The lowest BCUT2D eigenvalue weighted by molar-refractivity contribution is 0.301. The van der Waals surface area contributed by atoms with E-state index >= 15 is 0 Å². The third kappa shape index (κ3) is 4.62.